The molecule has 3 rings (SSSR count). The molecule has 1 unspecified atom stereocenters. The number of hydrogen-bond donors (Lipinski definition) is 2. The molecule has 5 nitrogen and oxygen atoms in total. The summed E-state index contributed by atoms with van der Waals surface area (Å²) in [7, 11) is -2.07. The zero-order valence-electron chi connectivity index (χ0n) is 11.2. The van der Waals surface area contributed by atoms with Gasteiger partial charge in [0.25, 0.3) is 0 Å². The van der Waals surface area contributed by atoms with Gasteiger partial charge in [0, 0.05) is 31.5 Å². The molecule has 20 heavy (non-hydrogen) atoms. The quantitative estimate of drug-likeness (QED) is 0.703. The monoisotopic (exact) mass is 291 g/mol. The maximum atomic E-state index is 10.3. The minimum atomic E-state index is -2.07. The van der Waals surface area contributed by atoms with Crippen LogP contribution >= 0.6 is 0 Å². The van der Waals surface area contributed by atoms with Crippen LogP contribution in [-0.2, 0) is 10.3 Å². The van der Waals surface area contributed by atoms with Crippen molar-refractivity contribution in [3.8, 4) is 0 Å². The molecule has 0 spiro atoms. The van der Waals surface area contributed by atoms with E-state index in [4.69, 9.17) is 0 Å². The lowest BCUT2D eigenvalue weighted by atomic mass is 10.2. The lowest BCUT2D eigenvalue weighted by molar-refractivity contribution is 0.542. The molecule has 1 aromatic carbocycles. The molecule has 6 heteroatoms. The molecule has 2 aromatic rings. The Morgan fingerprint density at radius 1 is 1.20 bits per heavy atom. The van der Waals surface area contributed by atoms with Crippen LogP contribution in [-0.4, -0.2) is 37.5 Å². The first-order valence-electron chi connectivity index (χ1n) is 6.38. The molecule has 2 heterocycles. The zero-order chi connectivity index (χ0) is 14.4. The van der Waals surface area contributed by atoms with Crippen LogP contribution in [0.3, 0.4) is 0 Å². The highest BCUT2D eigenvalue weighted by Crippen LogP contribution is 2.09. The number of piperazine rings is 1. The van der Waals surface area contributed by atoms with Gasteiger partial charge in [0.2, 0.25) is 10.3 Å². The lowest BCUT2D eigenvalue weighted by Crippen LogP contribution is -2.50. The average molecular weight is 291 g/mol. The molecule has 1 fully saturated rings. The Bertz CT molecular complexity index is 630. The number of rotatable bonds is 0. The summed E-state index contributed by atoms with van der Waals surface area (Å²) in [5.74, 6) is 0. The fourth-order valence-corrected chi connectivity index (χ4v) is 2.22. The molecular weight excluding hydrogens is 274 g/mol. The van der Waals surface area contributed by atoms with Gasteiger partial charge in [-0.2, -0.15) is 8.42 Å². The maximum Gasteiger partial charge on any atom is 0.229 e. The predicted octanol–water partition coefficient (Wildman–Crippen LogP) is 0.812. The second-order valence-electron chi connectivity index (χ2n) is 4.54. The van der Waals surface area contributed by atoms with Crippen LogP contribution in [0.1, 0.15) is 6.92 Å². The Balaban J connectivity index is 0.000000147. The third-order valence-electron chi connectivity index (χ3n) is 2.97. The largest absolute Gasteiger partial charge is 0.307 e. The fraction of sp³-hybridized carbons (Fsp3) is 0.286. The second-order valence-corrected chi connectivity index (χ2v) is 5.51. The van der Waals surface area contributed by atoms with E-state index in [1.165, 1.54) is 10.8 Å². The van der Waals surface area contributed by atoms with E-state index in [1.54, 1.807) is 0 Å². The van der Waals surface area contributed by atoms with E-state index in [-0.39, 0.29) is 0 Å². The summed E-state index contributed by atoms with van der Waals surface area (Å²) in [6, 6.07) is 10.5. The Morgan fingerprint density at radius 2 is 1.95 bits per heavy atom. The van der Waals surface area contributed by atoms with E-state index < -0.39 is 10.3 Å². The number of benzene rings is 1. The van der Waals surface area contributed by atoms with Gasteiger partial charge in [-0.25, -0.2) is 0 Å². The predicted molar refractivity (Wildman–Crippen MR) is 81.1 cm³/mol. The number of pyridine rings is 1. The number of fused-ring (bicyclic) bond motifs is 1. The number of nitrogens with one attached hydrogen (secondary N) is 2. The molecule has 1 aliphatic heterocycles. The van der Waals surface area contributed by atoms with Crippen LogP contribution in [0.4, 0.5) is 0 Å². The number of hydrogen-bond acceptors (Lipinski definition) is 4. The second kappa shape index (κ2) is 7.14. The highest BCUT2D eigenvalue weighted by molar-refractivity contribution is 7.72. The van der Waals surface area contributed by atoms with Crippen LogP contribution < -0.4 is 10.6 Å². The van der Waals surface area contributed by atoms with Gasteiger partial charge >= 0.3 is 0 Å². The minimum Gasteiger partial charge on any atom is -0.307 e. The van der Waals surface area contributed by atoms with Crippen molar-refractivity contribution in [1.29, 1.82) is 0 Å². The van der Waals surface area contributed by atoms with E-state index in [2.05, 4.69) is 27.8 Å². The first kappa shape index (κ1) is 14.6. The Morgan fingerprint density at radius 3 is 2.55 bits per heavy atom. The average Bonchev–Trinajstić information content (AvgIpc) is 2.48. The third-order valence-corrected chi connectivity index (χ3v) is 3.66. The molecule has 0 radical (unpaired) electrons. The van der Waals surface area contributed by atoms with Crippen molar-refractivity contribution >= 4 is 26.1 Å². The standard InChI is InChI=1S/C9H7N.C5H10N2O2S/c1-2-4-9-7-10-6-5-8(9)3-1;1-4-2-7-5(3-6-4)10(8)9/h1-7H;4,6-7H,2-3H2,1H3. The van der Waals surface area contributed by atoms with Gasteiger partial charge in [-0.3, -0.25) is 10.3 Å². The molecule has 0 amide bonds. The molecule has 106 valence electrons. The number of aromatic nitrogens is 1. The molecular formula is C14H17N3O2S. The van der Waals surface area contributed by atoms with Crippen molar-refractivity contribution in [2.45, 2.75) is 13.0 Å². The van der Waals surface area contributed by atoms with Crippen molar-refractivity contribution in [3.63, 3.8) is 0 Å². The summed E-state index contributed by atoms with van der Waals surface area (Å²) in [6.45, 7) is 3.11. The summed E-state index contributed by atoms with van der Waals surface area (Å²) in [5, 5.41) is 8.28. The Labute approximate surface area is 119 Å². The maximum absolute atomic E-state index is 10.3. The molecule has 1 atom stereocenters. The van der Waals surface area contributed by atoms with Crippen molar-refractivity contribution < 1.29 is 8.42 Å². The molecule has 1 aliphatic rings. The van der Waals surface area contributed by atoms with Gasteiger partial charge in [-0.1, -0.05) is 24.3 Å². The smallest absolute Gasteiger partial charge is 0.229 e. The highest BCUT2D eigenvalue weighted by Gasteiger charge is 2.11. The molecule has 1 aromatic heterocycles. The summed E-state index contributed by atoms with van der Waals surface area (Å²) < 4.78 is 20.6. The van der Waals surface area contributed by atoms with Crippen molar-refractivity contribution in [3.05, 3.63) is 42.7 Å². The summed E-state index contributed by atoms with van der Waals surface area (Å²) in [6.07, 6.45) is 3.68. The number of nitrogens with zero attached hydrogens (tertiary/aromatic N) is 1. The first-order valence-corrected chi connectivity index (χ1v) is 7.45. The van der Waals surface area contributed by atoms with E-state index in [0.29, 0.717) is 24.1 Å². The van der Waals surface area contributed by atoms with Crippen molar-refractivity contribution in [2.75, 3.05) is 13.1 Å². The van der Waals surface area contributed by atoms with Crippen LogP contribution in [0.25, 0.3) is 10.8 Å². The van der Waals surface area contributed by atoms with E-state index in [1.807, 2.05) is 37.5 Å². The molecule has 2 N–H and O–H groups in total. The van der Waals surface area contributed by atoms with Gasteiger partial charge in [0.05, 0.1) is 0 Å². The highest BCUT2D eigenvalue weighted by atomic mass is 32.2. The van der Waals surface area contributed by atoms with Crippen molar-refractivity contribution in [2.24, 2.45) is 0 Å². The van der Waals surface area contributed by atoms with Gasteiger partial charge in [-0.05, 0) is 23.8 Å². The van der Waals surface area contributed by atoms with Gasteiger partial charge in [0.15, 0.2) is 0 Å². The molecule has 0 bridgehead atoms. The van der Waals surface area contributed by atoms with Gasteiger partial charge in [0.1, 0.15) is 4.99 Å². The van der Waals surface area contributed by atoms with Crippen LogP contribution in [0.2, 0.25) is 0 Å². The zero-order valence-corrected chi connectivity index (χ0v) is 12.0. The van der Waals surface area contributed by atoms with Crippen LogP contribution in [0.5, 0.6) is 0 Å². The fourth-order valence-electron chi connectivity index (χ4n) is 1.81. The Kier molecular flexibility index (Phi) is 5.23. The van der Waals surface area contributed by atoms with Crippen molar-refractivity contribution in [1.82, 2.24) is 15.6 Å². The summed E-state index contributed by atoms with van der Waals surface area (Å²) in [5.41, 5.74) is 0. The molecule has 0 saturated carbocycles. The molecule has 0 aliphatic carbocycles. The summed E-state index contributed by atoms with van der Waals surface area (Å²) in [4.78, 5) is 4.37. The minimum absolute atomic E-state index is 0.354. The third kappa shape index (κ3) is 4.12. The van der Waals surface area contributed by atoms with Crippen LogP contribution in [0.15, 0.2) is 42.7 Å². The van der Waals surface area contributed by atoms with Gasteiger partial charge < -0.3 is 5.32 Å². The van der Waals surface area contributed by atoms with E-state index in [0.717, 1.165) is 0 Å². The topological polar surface area (TPSA) is 71.1 Å². The van der Waals surface area contributed by atoms with Gasteiger partial charge in [-0.15, -0.1) is 0 Å². The van der Waals surface area contributed by atoms with E-state index in [9.17, 15) is 8.42 Å². The molecule has 1 saturated heterocycles. The summed E-state index contributed by atoms with van der Waals surface area (Å²) >= 11 is 0. The van der Waals surface area contributed by atoms with E-state index >= 15 is 0 Å². The first-order chi connectivity index (χ1) is 9.66. The lowest BCUT2D eigenvalue weighted by Gasteiger charge is -2.20. The Hall–Kier alpha value is -1.76. The normalized spacial score (nSPS) is 18.2. The van der Waals surface area contributed by atoms with Crippen LogP contribution in [0, 0.1) is 0 Å². The SMILES string of the molecule is CC1CNC(=S(=O)=O)CN1.c1ccc2cnccc2c1.